The highest BCUT2D eigenvalue weighted by Gasteiger charge is 2.23. The molecule has 7 nitrogen and oxygen atoms in total. The Bertz CT molecular complexity index is 1200. The first kappa shape index (κ1) is 21.2. The first-order valence-electron chi connectivity index (χ1n) is 10.4. The normalized spacial score (nSPS) is 14.3. The average molecular weight is 440 g/mol. The minimum atomic E-state index is -0.0828. The molecule has 1 aliphatic heterocycles. The fraction of sp³-hybridized carbons (Fsp3) is 0.348. The van der Waals surface area contributed by atoms with Gasteiger partial charge in [-0.1, -0.05) is 17.7 Å². The number of hydrogen-bond donors (Lipinski definition) is 1. The highest BCUT2D eigenvalue weighted by atomic mass is 35.5. The third-order valence-corrected chi connectivity index (χ3v) is 6.11. The van der Waals surface area contributed by atoms with Gasteiger partial charge in [-0.15, -0.1) is 0 Å². The van der Waals surface area contributed by atoms with Crippen molar-refractivity contribution in [2.45, 2.75) is 26.8 Å². The Balaban J connectivity index is 1.72. The summed E-state index contributed by atoms with van der Waals surface area (Å²) in [6.07, 6.45) is 0.686. The summed E-state index contributed by atoms with van der Waals surface area (Å²) in [5.74, 6) is 0.687. The first-order chi connectivity index (χ1) is 14.8. The summed E-state index contributed by atoms with van der Waals surface area (Å²) in [7, 11) is 0. The number of aryl methyl sites for hydroxylation is 2. The van der Waals surface area contributed by atoms with E-state index in [-0.39, 0.29) is 11.5 Å². The Kier molecular flexibility index (Phi) is 5.87. The van der Waals surface area contributed by atoms with Crippen molar-refractivity contribution in [3.05, 3.63) is 62.9 Å². The van der Waals surface area contributed by atoms with Gasteiger partial charge in [0.15, 0.2) is 0 Å². The Morgan fingerprint density at radius 2 is 1.87 bits per heavy atom. The maximum absolute atomic E-state index is 13.4. The molecule has 1 amide bonds. The molecule has 0 spiro atoms. The standard InChI is InChI=1S/C23H26ClN5O2/c1-15-13-18(24)4-3-17(15)7-8-29-22(31)20-6-5-19(25)14-21(20)26-23(29)28-11-9-27(10-12-28)16(2)30/h3-6,13-14H,7-12,25H2,1-2H3. The molecular weight excluding hydrogens is 414 g/mol. The second-order valence-electron chi connectivity index (χ2n) is 7.96. The highest BCUT2D eigenvalue weighted by molar-refractivity contribution is 6.30. The second-order valence-corrected chi connectivity index (χ2v) is 8.40. The van der Waals surface area contributed by atoms with E-state index in [1.54, 1.807) is 29.7 Å². The molecule has 0 unspecified atom stereocenters. The van der Waals surface area contributed by atoms with Crippen LogP contribution in [0, 0.1) is 6.92 Å². The fourth-order valence-electron chi connectivity index (χ4n) is 4.06. The monoisotopic (exact) mass is 439 g/mol. The van der Waals surface area contributed by atoms with Crippen molar-refractivity contribution < 1.29 is 4.79 Å². The molecule has 0 atom stereocenters. The lowest BCUT2D eigenvalue weighted by Crippen LogP contribution is -2.49. The number of hydrogen-bond acceptors (Lipinski definition) is 5. The predicted molar refractivity (Wildman–Crippen MR) is 125 cm³/mol. The lowest BCUT2D eigenvalue weighted by Gasteiger charge is -2.35. The van der Waals surface area contributed by atoms with Gasteiger partial charge in [0.2, 0.25) is 11.9 Å². The molecule has 0 bridgehead atoms. The Hall–Kier alpha value is -3.06. The summed E-state index contributed by atoms with van der Waals surface area (Å²) >= 11 is 6.09. The number of carbonyl (C=O) groups is 1. The lowest BCUT2D eigenvalue weighted by molar-refractivity contribution is -0.129. The smallest absolute Gasteiger partial charge is 0.262 e. The first-order valence-corrected chi connectivity index (χ1v) is 10.8. The van der Waals surface area contributed by atoms with E-state index >= 15 is 0 Å². The number of rotatable bonds is 4. The average Bonchev–Trinajstić information content (AvgIpc) is 2.74. The van der Waals surface area contributed by atoms with Crippen molar-refractivity contribution >= 4 is 40.0 Å². The van der Waals surface area contributed by atoms with E-state index in [0.29, 0.717) is 66.7 Å². The summed E-state index contributed by atoms with van der Waals surface area (Å²) in [5.41, 5.74) is 9.25. The molecule has 4 rings (SSSR count). The van der Waals surface area contributed by atoms with Gasteiger partial charge in [0.1, 0.15) is 0 Å². The van der Waals surface area contributed by atoms with Crippen LogP contribution in [-0.2, 0) is 17.8 Å². The van der Waals surface area contributed by atoms with Gasteiger partial charge >= 0.3 is 0 Å². The van der Waals surface area contributed by atoms with Crippen LogP contribution in [-0.4, -0.2) is 46.5 Å². The molecule has 1 saturated heterocycles. The van der Waals surface area contributed by atoms with Gasteiger partial charge in [-0.25, -0.2) is 4.98 Å². The van der Waals surface area contributed by atoms with Crippen LogP contribution in [0.2, 0.25) is 5.02 Å². The number of anilines is 2. The zero-order valence-electron chi connectivity index (χ0n) is 17.8. The van der Waals surface area contributed by atoms with Gasteiger partial charge in [0.05, 0.1) is 10.9 Å². The van der Waals surface area contributed by atoms with Crippen LogP contribution in [0.1, 0.15) is 18.1 Å². The Labute approximate surface area is 186 Å². The molecule has 1 aromatic heterocycles. The number of aromatic nitrogens is 2. The summed E-state index contributed by atoms with van der Waals surface area (Å²) < 4.78 is 1.75. The van der Waals surface area contributed by atoms with Crippen LogP contribution >= 0.6 is 11.6 Å². The number of fused-ring (bicyclic) bond motifs is 1. The third kappa shape index (κ3) is 4.37. The lowest BCUT2D eigenvalue weighted by atomic mass is 10.1. The summed E-state index contributed by atoms with van der Waals surface area (Å²) in [5, 5.41) is 1.25. The third-order valence-electron chi connectivity index (χ3n) is 5.88. The molecule has 1 aliphatic rings. The Morgan fingerprint density at radius 1 is 1.13 bits per heavy atom. The predicted octanol–water partition coefficient (Wildman–Crippen LogP) is 2.85. The molecule has 31 heavy (non-hydrogen) atoms. The van der Waals surface area contributed by atoms with Crippen molar-refractivity contribution in [1.29, 1.82) is 0 Å². The van der Waals surface area contributed by atoms with Crippen LogP contribution in [0.15, 0.2) is 41.2 Å². The van der Waals surface area contributed by atoms with Crippen molar-refractivity contribution in [3.8, 4) is 0 Å². The van der Waals surface area contributed by atoms with Crippen molar-refractivity contribution in [2.24, 2.45) is 0 Å². The number of amides is 1. The molecule has 8 heteroatoms. The SMILES string of the molecule is CC(=O)N1CCN(c2nc3cc(N)ccc3c(=O)n2CCc2ccc(Cl)cc2C)CC1. The van der Waals surface area contributed by atoms with E-state index in [1.807, 2.05) is 30.0 Å². The molecular formula is C23H26ClN5O2. The number of nitrogens with two attached hydrogens (primary N) is 1. The van der Waals surface area contributed by atoms with Gasteiger partial charge in [0, 0.05) is 50.4 Å². The second kappa shape index (κ2) is 8.59. The Morgan fingerprint density at radius 3 is 2.55 bits per heavy atom. The molecule has 2 aromatic carbocycles. The molecule has 1 fully saturated rings. The minimum Gasteiger partial charge on any atom is -0.399 e. The van der Waals surface area contributed by atoms with Crippen LogP contribution < -0.4 is 16.2 Å². The van der Waals surface area contributed by atoms with Crippen LogP contribution in [0.5, 0.6) is 0 Å². The van der Waals surface area contributed by atoms with E-state index in [0.717, 1.165) is 11.1 Å². The van der Waals surface area contributed by atoms with Crippen molar-refractivity contribution in [2.75, 3.05) is 36.8 Å². The summed E-state index contributed by atoms with van der Waals surface area (Å²) in [6.45, 7) is 6.56. The highest BCUT2D eigenvalue weighted by Crippen LogP contribution is 2.21. The summed E-state index contributed by atoms with van der Waals surface area (Å²) in [6, 6.07) is 11.0. The number of carbonyl (C=O) groups excluding carboxylic acids is 1. The molecule has 2 heterocycles. The maximum atomic E-state index is 13.4. The molecule has 3 aromatic rings. The van der Waals surface area contributed by atoms with Gasteiger partial charge in [-0.2, -0.15) is 0 Å². The largest absolute Gasteiger partial charge is 0.399 e. The zero-order chi connectivity index (χ0) is 22.1. The van der Waals surface area contributed by atoms with E-state index in [2.05, 4.69) is 4.90 Å². The van der Waals surface area contributed by atoms with E-state index in [1.165, 1.54) is 0 Å². The molecule has 0 saturated carbocycles. The number of halogens is 1. The molecule has 2 N–H and O–H groups in total. The maximum Gasteiger partial charge on any atom is 0.262 e. The minimum absolute atomic E-state index is 0.0644. The van der Waals surface area contributed by atoms with E-state index < -0.39 is 0 Å². The van der Waals surface area contributed by atoms with E-state index in [4.69, 9.17) is 22.3 Å². The topological polar surface area (TPSA) is 84.5 Å². The van der Waals surface area contributed by atoms with Crippen LogP contribution in [0.4, 0.5) is 11.6 Å². The van der Waals surface area contributed by atoms with Crippen molar-refractivity contribution in [3.63, 3.8) is 0 Å². The van der Waals surface area contributed by atoms with Crippen LogP contribution in [0.25, 0.3) is 10.9 Å². The number of benzene rings is 2. The van der Waals surface area contributed by atoms with Gasteiger partial charge < -0.3 is 15.5 Å². The quantitative estimate of drug-likeness (QED) is 0.632. The van der Waals surface area contributed by atoms with Crippen molar-refractivity contribution in [1.82, 2.24) is 14.5 Å². The molecule has 0 aliphatic carbocycles. The fourth-order valence-corrected chi connectivity index (χ4v) is 4.29. The molecule has 0 radical (unpaired) electrons. The van der Waals surface area contributed by atoms with E-state index in [9.17, 15) is 9.59 Å². The number of piperazine rings is 1. The molecule has 162 valence electrons. The number of nitrogen functional groups attached to an aromatic ring is 1. The number of nitrogens with zero attached hydrogens (tertiary/aromatic N) is 4. The zero-order valence-corrected chi connectivity index (χ0v) is 18.5. The van der Waals surface area contributed by atoms with Crippen LogP contribution in [0.3, 0.4) is 0 Å². The summed E-state index contributed by atoms with van der Waals surface area (Å²) in [4.78, 5) is 33.8. The van der Waals surface area contributed by atoms with Gasteiger partial charge in [-0.3, -0.25) is 14.2 Å². The van der Waals surface area contributed by atoms with Gasteiger partial charge in [-0.05, 0) is 54.8 Å². The van der Waals surface area contributed by atoms with Gasteiger partial charge in [0.25, 0.3) is 5.56 Å².